The van der Waals surface area contributed by atoms with Gasteiger partial charge in [0.05, 0.1) is 12.6 Å². The Morgan fingerprint density at radius 3 is 3.00 bits per heavy atom. The molecule has 1 heterocycles. The molecule has 14 heavy (non-hydrogen) atoms. The van der Waals surface area contributed by atoms with Crippen molar-refractivity contribution in [2.24, 2.45) is 0 Å². The van der Waals surface area contributed by atoms with Crippen LogP contribution in [0.5, 0.6) is 0 Å². The van der Waals surface area contributed by atoms with Crippen molar-refractivity contribution in [3.63, 3.8) is 0 Å². The minimum atomic E-state index is -1.21. The molecular weight excluding hydrogens is 205 g/mol. The van der Waals surface area contributed by atoms with Crippen LogP contribution in [0, 0.1) is 0 Å². The molecule has 4 heteroatoms. The van der Waals surface area contributed by atoms with Crippen molar-refractivity contribution in [1.29, 1.82) is 0 Å². The van der Waals surface area contributed by atoms with Gasteiger partial charge in [0.1, 0.15) is 0 Å². The van der Waals surface area contributed by atoms with E-state index in [9.17, 15) is 4.39 Å². The van der Waals surface area contributed by atoms with E-state index in [0.29, 0.717) is 18.1 Å². The van der Waals surface area contributed by atoms with Crippen LogP contribution in [0.25, 0.3) is 0 Å². The fourth-order valence-electron chi connectivity index (χ4n) is 1.48. The smallest absolute Gasteiger partial charge is 0.219 e. The van der Waals surface area contributed by atoms with Gasteiger partial charge in [0, 0.05) is 10.7 Å². The van der Waals surface area contributed by atoms with Crippen LogP contribution >= 0.6 is 11.6 Å². The van der Waals surface area contributed by atoms with Crippen molar-refractivity contribution in [2.45, 2.75) is 18.8 Å². The van der Waals surface area contributed by atoms with Gasteiger partial charge in [-0.1, -0.05) is 17.7 Å². The molecule has 2 atom stereocenters. The molecule has 0 spiro atoms. The second kappa shape index (κ2) is 4.15. The number of hydrogen-bond donors (Lipinski definition) is 1. The van der Waals surface area contributed by atoms with Crippen molar-refractivity contribution >= 4 is 17.3 Å². The van der Waals surface area contributed by atoms with Crippen molar-refractivity contribution < 1.29 is 9.13 Å². The Morgan fingerprint density at radius 1 is 1.50 bits per heavy atom. The van der Waals surface area contributed by atoms with E-state index in [0.717, 1.165) is 5.69 Å². The molecule has 1 N–H and O–H groups in total. The number of ether oxygens (including phenoxy) is 1. The molecule has 0 radical (unpaired) electrons. The molecule has 1 fully saturated rings. The molecule has 0 saturated carbocycles. The SMILES string of the molecule is FC1OCCC1Nc1cccc(Cl)c1. The van der Waals surface area contributed by atoms with Crippen molar-refractivity contribution in [1.82, 2.24) is 0 Å². The fraction of sp³-hybridized carbons (Fsp3) is 0.400. The molecule has 1 aromatic carbocycles. The number of rotatable bonds is 2. The van der Waals surface area contributed by atoms with E-state index in [1.807, 2.05) is 12.1 Å². The number of anilines is 1. The number of hydrogen-bond acceptors (Lipinski definition) is 2. The number of alkyl halides is 1. The van der Waals surface area contributed by atoms with Gasteiger partial charge >= 0.3 is 0 Å². The summed E-state index contributed by atoms with van der Waals surface area (Å²) in [4.78, 5) is 0. The van der Waals surface area contributed by atoms with Gasteiger partial charge in [-0.15, -0.1) is 0 Å². The monoisotopic (exact) mass is 215 g/mol. The van der Waals surface area contributed by atoms with Gasteiger partial charge in [-0.25, -0.2) is 4.39 Å². The van der Waals surface area contributed by atoms with Gasteiger partial charge in [0.15, 0.2) is 0 Å². The summed E-state index contributed by atoms with van der Waals surface area (Å²) in [5.74, 6) is 0. The lowest BCUT2D eigenvalue weighted by molar-refractivity contribution is 0.00461. The molecule has 76 valence electrons. The first-order valence-electron chi connectivity index (χ1n) is 4.53. The molecule has 1 aromatic rings. The maximum Gasteiger partial charge on any atom is 0.219 e. The minimum Gasteiger partial charge on any atom is -0.377 e. The molecule has 0 aliphatic carbocycles. The second-order valence-electron chi connectivity index (χ2n) is 3.27. The van der Waals surface area contributed by atoms with Gasteiger partial charge in [0.25, 0.3) is 0 Å². The fourth-order valence-corrected chi connectivity index (χ4v) is 1.68. The normalized spacial score (nSPS) is 26.4. The molecule has 2 rings (SSSR count). The quantitative estimate of drug-likeness (QED) is 0.819. The summed E-state index contributed by atoms with van der Waals surface area (Å²) in [5.41, 5.74) is 0.829. The first kappa shape index (κ1) is 9.74. The van der Waals surface area contributed by atoms with Crippen LogP contribution in [0.2, 0.25) is 5.02 Å². The lowest BCUT2D eigenvalue weighted by atomic mass is 10.2. The highest BCUT2D eigenvalue weighted by Crippen LogP contribution is 2.21. The average molecular weight is 216 g/mol. The van der Waals surface area contributed by atoms with E-state index in [1.165, 1.54) is 0 Å². The lowest BCUT2D eigenvalue weighted by Gasteiger charge is -2.14. The molecule has 0 amide bonds. The maximum absolute atomic E-state index is 13.1. The first-order valence-corrected chi connectivity index (χ1v) is 4.91. The zero-order chi connectivity index (χ0) is 9.97. The van der Waals surface area contributed by atoms with Gasteiger partial charge in [0.2, 0.25) is 6.36 Å². The van der Waals surface area contributed by atoms with Gasteiger partial charge < -0.3 is 10.1 Å². The highest BCUT2D eigenvalue weighted by Gasteiger charge is 2.27. The predicted molar refractivity (Wildman–Crippen MR) is 54.3 cm³/mol. The van der Waals surface area contributed by atoms with E-state index < -0.39 is 6.36 Å². The van der Waals surface area contributed by atoms with E-state index in [1.54, 1.807) is 12.1 Å². The van der Waals surface area contributed by atoms with Crippen LogP contribution in [-0.2, 0) is 4.74 Å². The lowest BCUT2D eigenvalue weighted by Crippen LogP contribution is -2.25. The topological polar surface area (TPSA) is 21.3 Å². The second-order valence-corrected chi connectivity index (χ2v) is 3.71. The van der Waals surface area contributed by atoms with Gasteiger partial charge in [-0.3, -0.25) is 0 Å². The third-order valence-electron chi connectivity index (χ3n) is 2.20. The van der Waals surface area contributed by atoms with Crippen LogP contribution in [-0.4, -0.2) is 19.0 Å². The third kappa shape index (κ3) is 2.16. The summed E-state index contributed by atoms with van der Waals surface area (Å²) in [6.07, 6.45) is -0.526. The van der Waals surface area contributed by atoms with Crippen LogP contribution in [0.3, 0.4) is 0 Å². The predicted octanol–water partition coefficient (Wildman–Crippen LogP) is 2.84. The zero-order valence-corrected chi connectivity index (χ0v) is 8.30. The van der Waals surface area contributed by atoms with Crippen LogP contribution in [0.1, 0.15) is 6.42 Å². The molecule has 2 unspecified atom stereocenters. The molecule has 2 nitrogen and oxygen atoms in total. The van der Waals surface area contributed by atoms with E-state index in [4.69, 9.17) is 16.3 Å². The molecule has 1 aliphatic heterocycles. The van der Waals surface area contributed by atoms with Crippen LogP contribution in [0.4, 0.5) is 10.1 Å². The Bertz CT molecular complexity index is 321. The minimum absolute atomic E-state index is 0.256. The summed E-state index contributed by atoms with van der Waals surface area (Å²) in [6.45, 7) is 0.472. The molecule has 0 aromatic heterocycles. The van der Waals surface area contributed by atoms with Crippen molar-refractivity contribution in [2.75, 3.05) is 11.9 Å². The van der Waals surface area contributed by atoms with Crippen molar-refractivity contribution in [3.8, 4) is 0 Å². The van der Waals surface area contributed by atoms with E-state index >= 15 is 0 Å². The number of nitrogens with one attached hydrogen (secondary N) is 1. The highest BCUT2D eigenvalue weighted by molar-refractivity contribution is 6.30. The standard InChI is InChI=1S/C10H11ClFNO/c11-7-2-1-3-8(6-7)13-9-4-5-14-10(9)12/h1-3,6,9-10,13H,4-5H2. The van der Waals surface area contributed by atoms with Crippen molar-refractivity contribution in [3.05, 3.63) is 29.3 Å². The maximum atomic E-state index is 13.1. The van der Waals surface area contributed by atoms with Gasteiger partial charge in [-0.2, -0.15) is 0 Å². The summed E-state index contributed by atoms with van der Waals surface area (Å²) < 4.78 is 17.9. The Morgan fingerprint density at radius 2 is 2.36 bits per heavy atom. The number of benzene rings is 1. The highest BCUT2D eigenvalue weighted by atomic mass is 35.5. The summed E-state index contributed by atoms with van der Waals surface area (Å²) in [6, 6.07) is 6.98. The number of halogens is 2. The van der Waals surface area contributed by atoms with Gasteiger partial charge in [-0.05, 0) is 24.6 Å². The van der Waals surface area contributed by atoms with Crippen LogP contribution in [0.15, 0.2) is 24.3 Å². The summed E-state index contributed by atoms with van der Waals surface area (Å²) in [7, 11) is 0. The Kier molecular flexibility index (Phi) is 2.89. The van der Waals surface area contributed by atoms with Crippen LogP contribution < -0.4 is 5.32 Å². The average Bonchev–Trinajstić information content (AvgIpc) is 2.52. The largest absolute Gasteiger partial charge is 0.377 e. The summed E-state index contributed by atoms with van der Waals surface area (Å²) in [5, 5.41) is 3.69. The first-order chi connectivity index (χ1) is 6.75. The zero-order valence-electron chi connectivity index (χ0n) is 7.54. The molecule has 1 aliphatic rings. The van der Waals surface area contributed by atoms with E-state index in [2.05, 4.69) is 5.32 Å². The Labute approximate surface area is 87.0 Å². The third-order valence-corrected chi connectivity index (χ3v) is 2.43. The molecule has 1 saturated heterocycles. The van der Waals surface area contributed by atoms with E-state index in [-0.39, 0.29) is 6.04 Å². The molecule has 0 bridgehead atoms. The summed E-state index contributed by atoms with van der Waals surface area (Å²) >= 11 is 5.80. The Balaban J connectivity index is 2.03. The Hall–Kier alpha value is -0.800. The molecular formula is C10H11ClFNO.